The summed E-state index contributed by atoms with van der Waals surface area (Å²) in [5.74, 6) is 2.11. The maximum Gasteiger partial charge on any atom is 0.161 e. The molecule has 0 bridgehead atoms. The lowest BCUT2D eigenvalue weighted by atomic mass is 9.98. The van der Waals surface area contributed by atoms with Gasteiger partial charge in [0.2, 0.25) is 0 Å². The number of hydrogen-bond donors (Lipinski definition) is 3. The molecular weight excluding hydrogens is 308 g/mol. The van der Waals surface area contributed by atoms with E-state index in [1.165, 1.54) is 0 Å². The molecule has 0 spiro atoms. The van der Waals surface area contributed by atoms with Crippen molar-refractivity contribution in [3.05, 3.63) is 48.0 Å². The fourth-order valence-corrected chi connectivity index (χ4v) is 2.88. The Kier molecular flexibility index (Phi) is 4.78. The number of rotatable bonds is 5. The molecule has 0 saturated carbocycles. The summed E-state index contributed by atoms with van der Waals surface area (Å²) < 4.78 is 16.7. The minimum atomic E-state index is -0.222. The van der Waals surface area contributed by atoms with E-state index in [1.54, 1.807) is 20.3 Å². The Balaban J connectivity index is 1.88. The summed E-state index contributed by atoms with van der Waals surface area (Å²) in [5.41, 5.74) is 7.11. The second kappa shape index (κ2) is 6.98. The van der Waals surface area contributed by atoms with Crippen molar-refractivity contribution in [2.45, 2.75) is 25.1 Å². The molecule has 1 aliphatic heterocycles. The molecule has 3 N–H and O–H groups in total. The number of phenolic OH excluding ortho intramolecular Hbond substituents is 1. The van der Waals surface area contributed by atoms with Crippen LogP contribution in [0.25, 0.3) is 0 Å². The lowest BCUT2D eigenvalue weighted by Crippen LogP contribution is -2.33. The standard InChI is InChI=1S/C18H22N2O4/c1-11-18(24-16-7-5-4-6-15(16)23-3)17(20-19-11)13-9-8-12(22-2)10-14(13)21/h4-11,17-21H,1-3H3. The maximum atomic E-state index is 10.3. The molecule has 0 amide bonds. The molecule has 1 saturated heterocycles. The number of phenols is 1. The smallest absolute Gasteiger partial charge is 0.161 e. The molecule has 1 aliphatic rings. The van der Waals surface area contributed by atoms with Gasteiger partial charge in [-0.3, -0.25) is 5.43 Å². The van der Waals surface area contributed by atoms with Crippen molar-refractivity contribution in [1.82, 2.24) is 10.9 Å². The first kappa shape index (κ1) is 16.4. The molecule has 3 rings (SSSR count). The van der Waals surface area contributed by atoms with Gasteiger partial charge in [-0.05, 0) is 31.2 Å². The molecule has 24 heavy (non-hydrogen) atoms. The quantitative estimate of drug-likeness (QED) is 0.782. The van der Waals surface area contributed by atoms with E-state index in [2.05, 4.69) is 10.9 Å². The Hall–Kier alpha value is -2.44. The zero-order valence-corrected chi connectivity index (χ0v) is 13.9. The molecule has 2 aromatic carbocycles. The molecule has 6 heteroatoms. The fourth-order valence-electron chi connectivity index (χ4n) is 2.88. The minimum absolute atomic E-state index is 0.0430. The predicted octanol–water partition coefficient (Wildman–Crippen LogP) is 2.39. The zero-order chi connectivity index (χ0) is 17.1. The molecule has 1 fully saturated rings. The average molecular weight is 330 g/mol. The third-order valence-electron chi connectivity index (χ3n) is 4.19. The number of benzene rings is 2. The molecule has 3 atom stereocenters. The Labute approximate surface area is 141 Å². The number of methoxy groups -OCH3 is 2. The normalized spacial score (nSPS) is 23.0. The molecule has 0 aromatic heterocycles. The SMILES string of the molecule is COc1ccc(C2NNC(C)C2Oc2ccccc2OC)c(O)c1. The lowest BCUT2D eigenvalue weighted by Gasteiger charge is -2.24. The van der Waals surface area contributed by atoms with E-state index in [1.807, 2.05) is 43.3 Å². The number of aromatic hydroxyl groups is 1. The van der Waals surface area contributed by atoms with Crippen LogP contribution in [0.1, 0.15) is 18.5 Å². The summed E-state index contributed by atoms with van der Waals surface area (Å²) in [7, 11) is 3.18. The van der Waals surface area contributed by atoms with Crippen LogP contribution in [0, 0.1) is 0 Å². The van der Waals surface area contributed by atoms with Crippen molar-refractivity contribution in [1.29, 1.82) is 0 Å². The summed E-state index contributed by atoms with van der Waals surface area (Å²) in [5, 5.41) is 10.3. The first-order chi connectivity index (χ1) is 11.6. The van der Waals surface area contributed by atoms with Gasteiger partial charge in [-0.2, -0.15) is 0 Å². The van der Waals surface area contributed by atoms with Gasteiger partial charge in [0.25, 0.3) is 0 Å². The van der Waals surface area contributed by atoms with Crippen LogP contribution in [0.15, 0.2) is 42.5 Å². The van der Waals surface area contributed by atoms with E-state index in [0.29, 0.717) is 17.2 Å². The second-order valence-electron chi connectivity index (χ2n) is 5.71. The van der Waals surface area contributed by atoms with E-state index in [0.717, 1.165) is 5.56 Å². The molecular formula is C18H22N2O4. The van der Waals surface area contributed by atoms with Crippen LogP contribution in [-0.4, -0.2) is 31.5 Å². The number of ether oxygens (including phenoxy) is 3. The van der Waals surface area contributed by atoms with E-state index in [9.17, 15) is 5.11 Å². The summed E-state index contributed by atoms with van der Waals surface area (Å²) in [6.45, 7) is 2.02. The maximum absolute atomic E-state index is 10.3. The third kappa shape index (κ3) is 3.11. The van der Waals surface area contributed by atoms with Crippen LogP contribution in [0.2, 0.25) is 0 Å². The van der Waals surface area contributed by atoms with Gasteiger partial charge in [0.15, 0.2) is 11.5 Å². The van der Waals surface area contributed by atoms with Crippen LogP contribution in [0.5, 0.6) is 23.0 Å². The predicted molar refractivity (Wildman–Crippen MR) is 90.5 cm³/mol. The van der Waals surface area contributed by atoms with Gasteiger partial charge < -0.3 is 19.3 Å². The molecule has 0 aliphatic carbocycles. The highest BCUT2D eigenvalue weighted by Crippen LogP contribution is 2.36. The minimum Gasteiger partial charge on any atom is -0.507 e. The molecule has 0 radical (unpaired) electrons. The Morgan fingerprint density at radius 1 is 0.958 bits per heavy atom. The summed E-state index contributed by atoms with van der Waals surface area (Å²) in [6, 6.07) is 12.6. The first-order valence-corrected chi connectivity index (χ1v) is 7.81. The van der Waals surface area contributed by atoms with E-state index in [-0.39, 0.29) is 23.9 Å². The van der Waals surface area contributed by atoms with Crippen molar-refractivity contribution in [2.75, 3.05) is 14.2 Å². The third-order valence-corrected chi connectivity index (χ3v) is 4.19. The number of nitrogens with one attached hydrogen (secondary N) is 2. The number of hydrazine groups is 1. The van der Waals surface area contributed by atoms with E-state index >= 15 is 0 Å². The van der Waals surface area contributed by atoms with Gasteiger partial charge in [0.05, 0.1) is 26.3 Å². The number of para-hydroxylation sites is 2. The molecule has 2 aromatic rings. The van der Waals surface area contributed by atoms with Crippen molar-refractivity contribution < 1.29 is 19.3 Å². The summed E-state index contributed by atoms with van der Waals surface area (Å²) in [6.07, 6.45) is -0.222. The Morgan fingerprint density at radius 2 is 1.71 bits per heavy atom. The van der Waals surface area contributed by atoms with E-state index < -0.39 is 0 Å². The summed E-state index contributed by atoms with van der Waals surface area (Å²) >= 11 is 0. The van der Waals surface area contributed by atoms with Crippen molar-refractivity contribution in [2.24, 2.45) is 0 Å². The van der Waals surface area contributed by atoms with Crippen LogP contribution < -0.4 is 25.1 Å². The molecule has 128 valence electrons. The second-order valence-corrected chi connectivity index (χ2v) is 5.71. The van der Waals surface area contributed by atoms with E-state index in [4.69, 9.17) is 14.2 Å². The highest BCUT2D eigenvalue weighted by Gasteiger charge is 2.37. The van der Waals surface area contributed by atoms with Crippen molar-refractivity contribution >= 4 is 0 Å². The number of hydrogen-bond acceptors (Lipinski definition) is 6. The van der Waals surface area contributed by atoms with Gasteiger partial charge in [0.1, 0.15) is 17.6 Å². The van der Waals surface area contributed by atoms with Gasteiger partial charge in [-0.15, -0.1) is 0 Å². The Morgan fingerprint density at radius 3 is 2.38 bits per heavy atom. The molecule has 1 heterocycles. The molecule has 3 unspecified atom stereocenters. The summed E-state index contributed by atoms with van der Waals surface area (Å²) in [4.78, 5) is 0. The van der Waals surface area contributed by atoms with Crippen LogP contribution in [0.4, 0.5) is 0 Å². The topological polar surface area (TPSA) is 72.0 Å². The first-order valence-electron chi connectivity index (χ1n) is 7.81. The van der Waals surface area contributed by atoms with Gasteiger partial charge >= 0.3 is 0 Å². The zero-order valence-electron chi connectivity index (χ0n) is 13.9. The Bertz CT molecular complexity index is 707. The van der Waals surface area contributed by atoms with Gasteiger partial charge in [-0.25, -0.2) is 5.43 Å². The van der Waals surface area contributed by atoms with Crippen molar-refractivity contribution in [3.8, 4) is 23.0 Å². The monoisotopic (exact) mass is 330 g/mol. The van der Waals surface area contributed by atoms with Gasteiger partial charge in [-0.1, -0.05) is 12.1 Å². The fraction of sp³-hybridized carbons (Fsp3) is 0.333. The highest BCUT2D eigenvalue weighted by atomic mass is 16.5. The van der Waals surface area contributed by atoms with Gasteiger partial charge in [0, 0.05) is 11.6 Å². The van der Waals surface area contributed by atoms with Crippen LogP contribution in [0.3, 0.4) is 0 Å². The molecule has 6 nitrogen and oxygen atoms in total. The van der Waals surface area contributed by atoms with Crippen LogP contribution >= 0.6 is 0 Å². The van der Waals surface area contributed by atoms with Crippen LogP contribution in [-0.2, 0) is 0 Å². The highest BCUT2D eigenvalue weighted by molar-refractivity contribution is 5.43. The van der Waals surface area contributed by atoms with Crippen molar-refractivity contribution in [3.63, 3.8) is 0 Å². The largest absolute Gasteiger partial charge is 0.507 e. The average Bonchev–Trinajstić information content (AvgIpc) is 2.96. The lowest BCUT2D eigenvalue weighted by molar-refractivity contribution is 0.164.